The van der Waals surface area contributed by atoms with Gasteiger partial charge in [0.15, 0.2) is 0 Å². The van der Waals surface area contributed by atoms with Crippen molar-refractivity contribution >= 4 is 5.91 Å². The van der Waals surface area contributed by atoms with Gasteiger partial charge >= 0.3 is 0 Å². The third kappa shape index (κ3) is 3.56. The van der Waals surface area contributed by atoms with Crippen molar-refractivity contribution in [3.05, 3.63) is 0 Å². The summed E-state index contributed by atoms with van der Waals surface area (Å²) in [5.41, 5.74) is 0. The maximum Gasteiger partial charge on any atom is 0.234 e. The second kappa shape index (κ2) is 4.67. The normalized spacial score (nSPS) is 20.0. The molecule has 0 saturated heterocycles. The van der Waals surface area contributed by atoms with E-state index in [1.807, 2.05) is 0 Å². The molecule has 2 fully saturated rings. The van der Waals surface area contributed by atoms with Crippen molar-refractivity contribution in [2.24, 2.45) is 5.92 Å². The van der Waals surface area contributed by atoms with Gasteiger partial charge in [-0.25, -0.2) is 0 Å². The van der Waals surface area contributed by atoms with Gasteiger partial charge in [0.1, 0.15) is 0 Å². The fourth-order valence-electron chi connectivity index (χ4n) is 1.80. The Morgan fingerprint density at radius 2 is 2.13 bits per heavy atom. The van der Waals surface area contributed by atoms with Crippen LogP contribution in [-0.4, -0.2) is 36.5 Å². The molecule has 2 aliphatic rings. The Morgan fingerprint density at radius 1 is 1.40 bits per heavy atom. The number of amides is 1. The van der Waals surface area contributed by atoms with E-state index in [4.69, 9.17) is 6.42 Å². The zero-order chi connectivity index (χ0) is 10.7. The zero-order valence-corrected chi connectivity index (χ0v) is 9.04. The van der Waals surface area contributed by atoms with Gasteiger partial charge in [-0.3, -0.25) is 9.69 Å². The Bertz CT molecular complexity index is 274. The molecule has 15 heavy (non-hydrogen) atoms. The highest BCUT2D eigenvalue weighted by Gasteiger charge is 2.34. The number of rotatable bonds is 6. The summed E-state index contributed by atoms with van der Waals surface area (Å²) in [5, 5.41) is 2.72. The van der Waals surface area contributed by atoms with Crippen LogP contribution in [-0.2, 0) is 4.79 Å². The topological polar surface area (TPSA) is 32.3 Å². The Labute approximate surface area is 91.2 Å². The van der Waals surface area contributed by atoms with Gasteiger partial charge in [-0.1, -0.05) is 5.92 Å². The van der Waals surface area contributed by atoms with Gasteiger partial charge in [0.2, 0.25) is 5.91 Å². The second-order valence-electron chi connectivity index (χ2n) is 4.58. The molecule has 0 spiro atoms. The number of nitrogens with one attached hydrogen (secondary N) is 1. The summed E-state index contributed by atoms with van der Waals surface area (Å²) >= 11 is 0. The molecule has 0 aliphatic heterocycles. The minimum atomic E-state index is 0.0699. The van der Waals surface area contributed by atoms with Crippen molar-refractivity contribution < 1.29 is 4.79 Å². The van der Waals surface area contributed by atoms with Crippen LogP contribution in [0.15, 0.2) is 0 Å². The molecule has 82 valence electrons. The van der Waals surface area contributed by atoms with Crippen molar-refractivity contribution in [2.45, 2.75) is 31.7 Å². The molecule has 1 N–H and O–H groups in total. The zero-order valence-electron chi connectivity index (χ0n) is 9.04. The van der Waals surface area contributed by atoms with Gasteiger partial charge in [0.25, 0.3) is 0 Å². The smallest absolute Gasteiger partial charge is 0.234 e. The maximum atomic E-state index is 11.5. The second-order valence-corrected chi connectivity index (χ2v) is 4.58. The van der Waals surface area contributed by atoms with Gasteiger partial charge in [-0.15, -0.1) is 6.42 Å². The minimum absolute atomic E-state index is 0.0699. The number of nitrogens with zero attached hydrogens (tertiary/aromatic N) is 1. The lowest BCUT2D eigenvalue weighted by Crippen LogP contribution is -2.39. The Morgan fingerprint density at radius 3 is 2.67 bits per heavy atom. The van der Waals surface area contributed by atoms with Crippen molar-refractivity contribution in [1.29, 1.82) is 0 Å². The SMILES string of the molecule is C#CCNC(=O)CN(CC1CC1)C1CC1. The summed E-state index contributed by atoms with van der Waals surface area (Å²) in [4.78, 5) is 13.8. The Balaban J connectivity index is 1.72. The largest absolute Gasteiger partial charge is 0.344 e. The summed E-state index contributed by atoms with van der Waals surface area (Å²) in [6.45, 7) is 1.98. The number of carbonyl (C=O) groups is 1. The summed E-state index contributed by atoms with van der Waals surface area (Å²) in [6, 6.07) is 0.669. The average molecular weight is 206 g/mol. The third-order valence-corrected chi connectivity index (χ3v) is 2.99. The van der Waals surface area contributed by atoms with E-state index >= 15 is 0 Å². The monoisotopic (exact) mass is 206 g/mol. The first-order chi connectivity index (χ1) is 7.29. The third-order valence-electron chi connectivity index (χ3n) is 2.99. The lowest BCUT2D eigenvalue weighted by molar-refractivity contribution is -0.122. The van der Waals surface area contributed by atoms with Crippen LogP contribution in [0.2, 0.25) is 0 Å². The molecule has 3 nitrogen and oxygen atoms in total. The predicted octanol–water partition coefficient (Wildman–Crippen LogP) is 0.610. The first kappa shape index (κ1) is 10.5. The Hall–Kier alpha value is -1.01. The van der Waals surface area contributed by atoms with Crippen LogP contribution in [0.1, 0.15) is 25.7 Å². The molecule has 2 rings (SSSR count). The molecule has 0 aromatic heterocycles. The molecule has 2 saturated carbocycles. The lowest BCUT2D eigenvalue weighted by atomic mass is 10.3. The number of hydrogen-bond donors (Lipinski definition) is 1. The van der Waals surface area contributed by atoms with E-state index < -0.39 is 0 Å². The van der Waals surface area contributed by atoms with Crippen molar-refractivity contribution in [3.63, 3.8) is 0 Å². The summed E-state index contributed by atoms with van der Waals surface area (Å²) in [6.07, 6.45) is 10.3. The molecule has 0 unspecified atom stereocenters. The average Bonchev–Trinajstić information content (AvgIpc) is 3.02. The number of carbonyl (C=O) groups excluding carboxylic acids is 1. The Kier molecular flexibility index (Phi) is 3.27. The molecule has 3 heteroatoms. The molecule has 0 aromatic carbocycles. The predicted molar refractivity (Wildman–Crippen MR) is 59.2 cm³/mol. The van der Waals surface area contributed by atoms with Gasteiger partial charge in [0.05, 0.1) is 13.1 Å². The highest BCUT2D eigenvalue weighted by molar-refractivity contribution is 5.78. The molecule has 1 amide bonds. The fourth-order valence-corrected chi connectivity index (χ4v) is 1.80. The van der Waals surface area contributed by atoms with E-state index in [-0.39, 0.29) is 5.91 Å². The summed E-state index contributed by atoms with van der Waals surface area (Å²) < 4.78 is 0. The fraction of sp³-hybridized carbons (Fsp3) is 0.750. The number of hydrogen-bond acceptors (Lipinski definition) is 2. The number of terminal acetylenes is 1. The minimum Gasteiger partial charge on any atom is -0.344 e. The van der Waals surface area contributed by atoms with Crippen LogP contribution in [0.5, 0.6) is 0 Å². The standard InChI is InChI=1S/C12H18N2O/c1-2-7-13-12(15)9-14(11-5-6-11)8-10-3-4-10/h1,10-11H,3-9H2,(H,13,15). The molecule has 0 bridgehead atoms. The van der Waals surface area contributed by atoms with Gasteiger partial charge in [0, 0.05) is 12.6 Å². The van der Waals surface area contributed by atoms with E-state index in [9.17, 15) is 4.79 Å². The molecule has 2 aliphatic carbocycles. The van der Waals surface area contributed by atoms with Crippen molar-refractivity contribution in [1.82, 2.24) is 10.2 Å². The van der Waals surface area contributed by atoms with E-state index in [2.05, 4.69) is 16.1 Å². The van der Waals surface area contributed by atoms with Gasteiger partial charge < -0.3 is 5.32 Å². The lowest BCUT2D eigenvalue weighted by Gasteiger charge is -2.20. The van der Waals surface area contributed by atoms with Crippen LogP contribution in [0.4, 0.5) is 0 Å². The summed E-state index contributed by atoms with van der Waals surface area (Å²) in [5.74, 6) is 3.34. The first-order valence-electron chi connectivity index (χ1n) is 5.74. The van der Waals surface area contributed by atoms with Gasteiger partial charge in [-0.05, 0) is 31.6 Å². The van der Waals surface area contributed by atoms with Crippen LogP contribution >= 0.6 is 0 Å². The highest BCUT2D eigenvalue weighted by Crippen LogP contribution is 2.34. The first-order valence-corrected chi connectivity index (χ1v) is 5.74. The van der Waals surface area contributed by atoms with Crippen molar-refractivity contribution in [2.75, 3.05) is 19.6 Å². The van der Waals surface area contributed by atoms with Crippen LogP contribution in [0, 0.1) is 18.3 Å². The van der Waals surface area contributed by atoms with E-state index in [1.54, 1.807) is 0 Å². The van der Waals surface area contributed by atoms with Gasteiger partial charge in [-0.2, -0.15) is 0 Å². The van der Waals surface area contributed by atoms with Crippen LogP contribution < -0.4 is 5.32 Å². The summed E-state index contributed by atoms with van der Waals surface area (Å²) in [7, 11) is 0. The van der Waals surface area contributed by atoms with E-state index in [0.29, 0.717) is 19.1 Å². The quantitative estimate of drug-likeness (QED) is 0.646. The molecule has 0 aromatic rings. The molecule has 0 heterocycles. The van der Waals surface area contributed by atoms with E-state index in [1.165, 1.54) is 25.7 Å². The molecule has 0 atom stereocenters. The maximum absolute atomic E-state index is 11.5. The molecular weight excluding hydrogens is 188 g/mol. The highest BCUT2D eigenvalue weighted by atomic mass is 16.2. The van der Waals surface area contributed by atoms with Crippen molar-refractivity contribution in [3.8, 4) is 12.3 Å². The van der Waals surface area contributed by atoms with Crippen LogP contribution in [0.3, 0.4) is 0 Å². The molecular formula is C12H18N2O. The molecule has 0 radical (unpaired) electrons. The van der Waals surface area contributed by atoms with Crippen LogP contribution in [0.25, 0.3) is 0 Å². The van der Waals surface area contributed by atoms with E-state index in [0.717, 1.165) is 12.5 Å².